The molecule has 0 saturated carbocycles. The lowest BCUT2D eigenvalue weighted by atomic mass is 10.2. The molecule has 0 aliphatic carbocycles. The molecule has 0 aliphatic rings. The summed E-state index contributed by atoms with van der Waals surface area (Å²) in [6.07, 6.45) is 2.87. The number of carbonyl (C=O) groups excluding carboxylic acids is 1. The number of halogens is 1. The molecule has 0 saturated heterocycles. The topological polar surface area (TPSA) is 72.1 Å². The van der Waals surface area contributed by atoms with Gasteiger partial charge in [0.2, 0.25) is 5.89 Å². The highest BCUT2D eigenvalue weighted by Crippen LogP contribution is 2.11. The van der Waals surface area contributed by atoms with Gasteiger partial charge in [0.05, 0.1) is 11.8 Å². The Morgan fingerprint density at radius 1 is 1.43 bits per heavy atom. The van der Waals surface area contributed by atoms with E-state index < -0.39 is 5.82 Å². The highest BCUT2D eigenvalue weighted by Gasteiger charge is 2.15. The van der Waals surface area contributed by atoms with Gasteiger partial charge in [-0.15, -0.1) is 0 Å². The van der Waals surface area contributed by atoms with Crippen molar-refractivity contribution in [2.75, 3.05) is 13.6 Å². The summed E-state index contributed by atoms with van der Waals surface area (Å²) < 4.78 is 18.1. The number of rotatable bonds is 5. The van der Waals surface area contributed by atoms with E-state index in [1.807, 2.05) is 13.8 Å². The molecule has 6 nitrogen and oxygen atoms in total. The third-order valence-electron chi connectivity index (χ3n) is 2.95. The Bertz CT molecular complexity index is 627. The highest BCUT2D eigenvalue weighted by molar-refractivity contribution is 5.93. The molecule has 0 unspecified atom stereocenters. The van der Waals surface area contributed by atoms with Crippen LogP contribution in [0.25, 0.3) is 0 Å². The number of pyridine rings is 1. The summed E-state index contributed by atoms with van der Waals surface area (Å²) in [5.74, 6) is 0.469. The molecule has 0 spiro atoms. The van der Waals surface area contributed by atoms with E-state index >= 15 is 0 Å². The Kier molecular flexibility index (Phi) is 4.62. The first-order chi connectivity index (χ1) is 9.97. The van der Waals surface area contributed by atoms with Crippen LogP contribution in [0.3, 0.4) is 0 Å². The van der Waals surface area contributed by atoms with Gasteiger partial charge < -0.3 is 9.42 Å². The molecular formula is C14H17FN4O2. The molecule has 21 heavy (non-hydrogen) atoms. The molecule has 2 rings (SSSR count). The van der Waals surface area contributed by atoms with E-state index in [-0.39, 0.29) is 17.4 Å². The van der Waals surface area contributed by atoms with Crippen molar-refractivity contribution < 1.29 is 13.7 Å². The van der Waals surface area contributed by atoms with Crippen molar-refractivity contribution >= 4 is 5.91 Å². The summed E-state index contributed by atoms with van der Waals surface area (Å²) in [5.41, 5.74) is 0.216. The molecule has 0 N–H and O–H groups in total. The lowest BCUT2D eigenvalue weighted by Gasteiger charge is -2.15. The minimum atomic E-state index is -0.533. The highest BCUT2D eigenvalue weighted by atomic mass is 19.1. The molecular weight excluding hydrogens is 275 g/mol. The van der Waals surface area contributed by atoms with E-state index in [9.17, 15) is 9.18 Å². The third-order valence-corrected chi connectivity index (χ3v) is 2.95. The molecule has 112 valence electrons. The van der Waals surface area contributed by atoms with E-state index in [1.54, 1.807) is 7.05 Å². The van der Waals surface area contributed by atoms with Crippen molar-refractivity contribution in [2.45, 2.75) is 26.2 Å². The zero-order valence-corrected chi connectivity index (χ0v) is 12.2. The molecule has 2 aromatic rings. The van der Waals surface area contributed by atoms with E-state index in [1.165, 1.54) is 11.1 Å². The SMILES string of the molecule is CC(C)c1nc(CCN(C)C(=O)c2cncc(F)c2)no1. The fourth-order valence-electron chi connectivity index (χ4n) is 1.72. The molecule has 0 bridgehead atoms. The van der Waals surface area contributed by atoms with Crippen molar-refractivity contribution in [1.29, 1.82) is 0 Å². The Balaban J connectivity index is 1.94. The zero-order chi connectivity index (χ0) is 15.4. The van der Waals surface area contributed by atoms with Crippen LogP contribution in [0.4, 0.5) is 4.39 Å². The molecule has 1 amide bonds. The van der Waals surface area contributed by atoms with Crippen LogP contribution in [0.5, 0.6) is 0 Å². The Hall–Kier alpha value is -2.31. The maximum atomic E-state index is 13.1. The number of hydrogen-bond donors (Lipinski definition) is 0. The fraction of sp³-hybridized carbons (Fsp3) is 0.429. The average Bonchev–Trinajstić information content (AvgIpc) is 2.93. The van der Waals surface area contributed by atoms with Gasteiger partial charge in [-0.1, -0.05) is 19.0 Å². The van der Waals surface area contributed by atoms with Gasteiger partial charge in [-0.05, 0) is 6.07 Å². The molecule has 0 aliphatic heterocycles. The quantitative estimate of drug-likeness (QED) is 0.843. The summed E-state index contributed by atoms with van der Waals surface area (Å²) in [7, 11) is 1.64. The van der Waals surface area contributed by atoms with Crippen LogP contribution in [0, 0.1) is 5.82 Å². The first kappa shape index (κ1) is 15.1. The molecule has 7 heteroatoms. The standard InChI is InChI=1S/C14H17FN4O2/c1-9(2)13-17-12(18-21-13)4-5-19(3)14(20)10-6-11(15)8-16-7-10/h6-9H,4-5H2,1-3H3. The van der Waals surface area contributed by atoms with Crippen LogP contribution < -0.4 is 0 Å². The summed E-state index contributed by atoms with van der Waals surface area (Å²) in [6, 6.07) is 1.16. The van der Waals surface area contributed by atoms with Gasteiger partial charge in [0, 0.05) is 32.1 Å². The van der Waals surface area contributed by atoms with Crippen LogP contribution >= 0.6 is 0 Å². The lowest BCUT2D eigenvalue weighted by Crippen LogP contribution is -2.29. The van der Waals surface area contributed by atoms with Crippen molar-refractivity contribution in [2.24, 2.45) is 0 Å². The first-order valence-corrected chi connectivity index (χ1v) is 6.66. The van der Waals surface area contributed by atoms with Crippen molar-refractivity contribution in [1.82, 2.24) is 20.0 Å². The number of aromatic nitrogens is 3. The van der Waals surface area contributed by atoms with E-state index in [2.05, 4.69) is 15.1 Å². The number of amides is 1. The number of nitrogens with zero attached hydrogens (tertiary/aromatic N) is 4. The van der Waals surface area contributed by atoms with E-state index in [0.29, 0.717) is 24.7 Å². The van der Waals surface area contributed by atoms with Crippen LogP contribution in [-0.4, -0.2) is 39.5 Å². The second-order valence-corrected chi connectivity index (χ2v) is 5.07. The minimum absolute atomic E-state index is 0.170. The normalized spacial score (nSPS) is 10.9. The molecule has 0 aromatic carbocycles. The van der Waals surface area contributed by atoms with Crippen LogP contribution in [0.1, 0.15) is 41.8 Å². The Labute approximate surface area is 122 Å². The molecule has 0 radical (unpaired) electrons. The Morgan fingerprint density at radius 2 is 2.19 bits per heavy atom. The average molecular weight is 292 g/mol. The van der Waals surface area contributed by atoms with Crippen molar-refractivity contribution in [3.63, 3.8) is 0 Å². The number of carbonyl (C=O) groups is 1. The van der Waals surface area contributed by atoms with Gasteiger partial charge in [0.1, 0.15) is 5.82 Å². The maximum Gasteiger partial charge on any atom is 0.255 e. The predicted molar refractivity (Wildman–Crippen MR) is 73.2 cm³/mol. The largest absolute Gasteiger partial charge is 0.341 e. The number of hydrogen-bond acceptors (Lipinski definition) is 5. The van der Waals surface area contributed by atoms with Gasteiger partial charge in [-0.2, -0.15) is 4.98 Å². The van der Waals surface area contributed by atoms with Crippen LogP contribution in [0.2, 0.25) is 0 Å². The van der Waals surface area contributed by atoms with Crippen LogP contribution in [0.15, 0.2) is 23.0 Å². The van der Waals surface area contributed by atoms with Crippen LogP contribution in [-0.2, 0) is 6.42 Å². The smallest absolute Gasteiger partial charge is 0.255 e. The Morgan fingerprint density at radius 3 is 2.81 bits per heavy atom. The second kappa shape index (κ2) is 6.43. The molecule has 0 fully saturated rings. The van der Waals surface area contributed by atoms with Gasteiger partial charge in [0.25, 0.3) is 5.91 Å². The molecule has 2 heterocycles. The predicted octanol–water partition coefficient (Wildman–Crippen LogP) is 2.04. The second-order valence-electron chi connectivity index (χ2n) is 5.07. The monoisotopic (exact) mass is 292 g/mol. The zero-order valence-electron chi connectivity index (χ0n) is 12.2. The van der Waals surface area contributed by atoms with Crippen molar-refractivity contribution in [3.05, 3.63) is 41.6 Å². The third kappa shape index (κ3) is 3.84. The fourth-order valence-corrected chi connectivity index (χ4v) is 1.72. The van der Waals surface area contributed by atoms with Gasteiger partial charge in [-0.3, -0.25) is 9.78 Å². The molecule has 2 aromatic heterocycles. The summed E-state index contributed by atoms with van der Waals surface area (Å²) in [5, 5.41) is 3.86. The van der Waals surface area contributed by atoms with Crippen molar-refractivity contribution in [3.8, 4) is 0 Å². The summed E-state index contributed by atoms with van der Waals surface area (Å²) >= 11 is 0. The minimum Gasteiger partial charge on any atom is -0.341 e. The first-order valence-electron chi connectivity index (χ1n) is 6.66. The summed E-state index contributed by atoms with van der Waals surface area (Å²) in [4.78, 5) is 21.5. The molecule has 0 atom stereocenters. The van der Waals surface area contributed by atoms with Gasteiger partial charge >= 0.3 is 0 Å². The van der Waals surface area contributed by atoms with E-state index in [4.69, 9.17) is 4.52 Å². The number of likely N-dealkylation sites (N-methyl/N-ethyl adjacent to an activating group) is 1. The van der Waals surface area contributed by atoms with Gasteiger partial charge in [0.15, 0.2) is 5.82 Å². The van der Waals surface area contributed by atoms with E-state index in [0.717, 1.165) is 12.3 Å². The lowest BCUT2D eigenvalue weighted by molar-refractivity contribution is 0.0795. The van der Waals surface area contributed by atoms with Gasteiger partial charge in [-0.25, -0.2) is 4.39 Å². The summed E-state index contributed by atoms with van der Waals surface area (Å²) in [6.45, 7) is 4.33. The maximum absolute atomic E-state index is 13.1.